The van der Waals surface area contributed by atoms with Gasteiger partial charge < -0.3 is 19.9 Å². The molecule has 0 saturated heterocycles. The minimum absolute atomic E-state index is 0.289. The van der Waals surface area contributed by atoms with E-state index in [-0.39, 0.29) is 6.61 Å². The summed E-state index contributed by atoms with van der Waals surface area (Å²) in [7, 11) is 1.63. The highest BCUT2D eigenvalue weighted by atomic mass is 16.5. The zero-order valence-electron chi connectivity index (χ0n) is 13.0. The van der Waals surface area contributed by atoms with Gasteiger partial charge in [0.05, 0.1) is 7.11 Å². The smallest absolute Gasteiger partial charge is 0.123 e. The van der Waals surface area contributed by atoms with Crippen molar-refractivity contribution < 1.29 is 14.6 Å². The fourth-order valence-corrected chi connectivity index (χ4v) is 2.89. The molecule has 2 rings (SSSR count). The van der Waals surface area contributed by atoms with Gasteiger partial charge in [0.15, 0.2) is 0 Å². The molecule has 0 heterocycles. The maximum Gasteiger partial charge on any atom is 0.123 e. The summed E-state index contributed by atoms with van der Waals surface area (Å²) in [5.74, 6) is 2.24. The van der Waals surface area contributed by atoms with Crippen LogP contribution < -0.4 is 14.8 Å². The Bertz CT molecular complexity index is 418. The van der Waals surface area contributed by atoms with E-state index in [0.717, 1.165) is 17.4 Å². The summed E-state index contributed by atoms with van der Waals surface area (Å²) >= 11 is 0. The van der Waals surface area contributed by atoms with E-state index >= 15 is 0 Å². The fraction of sp³-hybridized carbons (Fsp3) is 0.647. The fourth-order valence-electron chi connectivity index (χ4n) is 2.89. The third-order valence-electron chi connectivity index (χ3n) is 4.27. The summed E-state index contributed by atoms with van der Waals surface area (Å²) in [6, 6.07) is 7.90. The quantitative estimate of drug-likeness (QED) is 0.773. The van der Waals surface area contributed by atoms with E-state index in [4.69, 9.17) is 9.47 Å². The number of ether oxygens (including phenoxy) is 2. The highest BCUT2D eigenvalue weighted by Crippen LogP contribution is 2.27. The van der Waals surface area contributed by atoms with Crippen molar-refractivity contribution in [3.8, 4) is 11.5 Å². The van der Waals surface area contributed by atoms with Crippen molar-refractivity contribution in [3.63, 3.8) is 0 Å². The molecule has 0 radical (unpaired) electrons. The molecule has 1 aromatic rings. The summed E-state index contributed by atoms with van der Waals surface area (Å²) in [5, 5.41) is 13.4. The lowest BCUT2D eigenvalue weighted by atomic mass is 10.00. The lowest BCUT2D eigenvalue weighted by molar-refractivity contribution is 0.101. The molecule has 1 fully saturated rings. The van der Waals surface area contributed by atoms with Crippen molar-refractivity contribution >= 4 is 0 Å². The summed E-state index contributed by atoms with van der Waals surface area (Å²) in [4.78, 5) is 0. The van der Waals surface area contributed by atoms with Crippen LogP contribution in [-0.4, -0.2) is 37.5 Å². The molecule has 0 bridgehead atoms. The van der Waals surface area contributed by atoms with Gasteiger partial charge in [0, 0.05) is 18.7 Å². The molecule has 0 aliphatic heterocycles. The molecule has 118 valence electrons. The van der Waals surface area contributed by atoms with Gasteiger partial charge in [-0.25, -0.2) is 0 Å². The van der Waals surface area contributed by atoms with E-state index in [1.807, 2.05) is 24.3 Å². The van der Waals surface area contributed by atoms with Crippen molar-refractivity contribution in [3.05, 3.63) is 24.3 Å². The molecule has 1 unspecified atom stereocenters. The number of aliphatic hydroxyl groups excluding tert-OH is 1. The first-order valence-electron chi connectivity index (χ1n) is 7.87. The van der Waals surface area contributed by atoms with E-state index in [0.29, 0.717) is 12.6 Å². The van der Waals surface area contributed by atoms with Crippen LogP contribution in [0.15, 0.2) is 24.3 Å². The second-order valence-corrected chi connectivity index (χ2v) is 5.89. The number of methoxy groups -OCH3 is 1. The van der Waals surface area contributed by atoms with Crippen LogP contribution in [0.4, 0.5) is 0 Å². The first-order valence-corrected chi connectivity index (χ1v) is 7.87. The van der Waals surface area contributed by atoms with Crippen molar-refractivity contribution in [1.82, 2.24) is 5.32 Å². The van der Waals surface area contributed by atoms with E-state index in [2.05, 4.69) is 12.2 Å². The standard InChI is InChI=1S/C17H27NO3/c1-13(14-6-3-4-7-14)18-11-15(19)12-21-17-9-5-8-16(10-17)20-2/h5,8-10,13-15,18-19H,3-4,6-7,11-12H2,1-2H3/t13-,15?/m0/s1. The van der Waals surface area contributed by atoms with Crippen LogP contribution in [0.5, 0.6) is 11.5 Å². The topological polar surface area (TPSA) is 50.7 Å². The van der Waals surface area contributed by atoms with E-state index in [9.17, 15) is 5.11 Å². The molecule has 1 saturated carbocycles. The van der Waals surface area contributed by atoms with Crippen molar-refractivity contribution in [2.24, 2.45) is 5.92 Å². The van der Waals surface area contributed by atoms with Gasteiger partial charge in [0.2, 0.25) is 0 Å². The van der Waals surface area contributed by atoms with Gasteiger partial charge in [-0.3, -0.25) is 0 Å². The van der Waals surface area contributed by atoms with Crippen LogP contribution in [0.2, 0.25) is 0 Å². The minimum atomic E-state index is -0.500. The van der Waals surface area contributed by atoms with E-state index in [1.165, 1.54) is 25.7 Å². The summed E-state index contributed by atoms with van der Waals surface area (Å²) in [6.07, 6.45) is 4.81. The number of hydrogen-bond acceptors (Lipinski definition) is 4. The van der Waals surface area contributed by atoms with Crippen LogP contribution in [-0.2, 0) is 0 Å². The second kappa shape index (κ2) is 8.25. The Morgan fingerprint density at radius 3 is 2.71 bits per heavy atom. The maximum atomic E-state index is 10.0. The van der Waals surface area contributed by atoms with Gasteiger partial charge in [0.25, 0.3) is 0 Å². The minimum Gasteiger partial charge on any atom is -0.497 e. The number of aliphatic hydroxyl groups is 1. The SMILES string of the molecule is COc1cccc(OCC(O)CN[C@@H](C)C2CCCC2)c1. The molecule has 1 aliphatic carbocycles. The van der Waals surface area contributed by atoms with Crippen LogP contribution in [0, 0.1) is 5.92 Å². The van der Waals surface area contributed by atoms with Gasteiger partial charge in [0.1, 0.15) is 24.2 Å². The molecule has 2 N–H and O–H groups in total. The first-order chi connectivity index (χ1) is 10.2. The molecular formula is C17H27NO3. The van der Waals surface area contributed by atoms with Crippen LogP contribution in [0.25, 0.3) is 0 Å². The Hall–Kier alpha value is -1.26. The Morgan fingerprint density at radius 1 is 1.29 bits per heavy atom. The molecule has 1 aliphatic rings. The molecule has 0 aromatic heterocycles. The number of nitrogens with one attached hydrogen (secondary N) is 1. The summed E-state index contributed by atoms with van der Waals surface area (Å²) in [5.41, 5.74) is 0. The van der Waals surface area contributed by atoms with Gasteiger partial charge in [-0.05, 0) is 37.8 Å². The molecule has 0 amide bonds. The van der Waals surface area contributed by atoms with Crippen LogP contribution in [0.3, 0.4) is 0 Å². The molecule has 0 spiro atoms. The Balaban J connectivity index is 1.67. The third kappa shape index (κ3) is 5.21. The van der Waals surface area contributed by atoms with Crippen molar-refractivity contribution in [1.29, 1.82) is 0 Å². The van der Waals surface area contributed by atoms with Crippen LogP contribution in [0.1, 0.15) is 32.6 Å². The zero-order valence-corrected chi connectivity index (χ0v) is 13.0. The Morgan fingerprint density at radius 2 is 2.00 bits per heavy atom. The second-order valence-electron chi connectivity index (χ2n) is 5.89. The van der Waals surface area contributed by atoms with Gasteiger partial charge in [-0.1, -0.05) is 18.9 Å². The highest BCUT2D eigenvalue weighted by molar-refractivity contribution is 5.32. The van der Waals surface area contributed by atoms with Gasteiger partial charge in [-0.2, -0.15) is 0 Å². The average molecular weight is 293 g/mol. The molecular weight excluding hydrogens is 266 g/mol. The van der Waals surface area contributed by atoms with E-state index in [1.54, 1.807) is 7.11 Å². The molecule has 2 atom stereocenters. The number of rotatable bonds is 8. The highest BCUT2D eigenvalue weighted by Gasteiger charge is 2.21. The van der Waals surface area contributed by atoms with E-state index < -0.39 is 6.10 Å². The Labute approximate surface area is 127 Å². The zero-order chi connectivity index (χ0) is 15.1. The first kappa shape index (κ1) is 16.1. The van der Waals surface area contributed by atoms with Gasteiger partial charge in [-0.15, -0.1) is 0 Å². The van der Waals surface area contributed by atoms with Crippen molar-refractivity contribution in [2.75, 3.05) is 20.3 Å². The van der Waals surface area contributed by atoms with Crippen molar-refractivity contribution in [2.45, 2.75) is 44.8 Å². The summed E-state index contributed by atoms with van der Waals surface area (Å²) < 4.78 is 10.7. The number of hydrogen-bond donors (Lipinski definition) is 2. The van der Waals surface area contributed by atoms with Crippen LogP contribution >= 0.6 is 0 Å². The predicted molar refractivity (Wildman–Crippen MR) is 83.9 cm³/mol. The Kier molecular flexibility index (Phi) is 6.33. The average Bonchev–Trinajstić information content (AvgIpc) is 3.05. The summed E-state index contributed by atoms with van der Waals surface area (Å²) in [6.45, 7) is 3.07. The number of benzene rings is 1. The van der Waals surface area contributed by atoms with Gasteiger partial charge >= 0.3 is 0 Å². The lowest BCUT2D eigenvalue weighted by Crippen LogP contribution is -2.39. The normalized spacial score (nSPS) is 18.4. The monoisotopic (exact) mass is 293 g/mol. The molecule has 21 heavy (non-hydrogen) atoms. The maximum absolute atomic E-state index is 10.0. The third-order valence-corrected chi connectivity index (χ3v) is 4.27. The largest absolute Gasteiger partial charge is 0.497 e. The predicted octanol–water partition coefficient (Wildman–Crippen LogP) is 2.60. The molecule has 1 aromatic carbocycles. The molecule has 4 heteroatoms. The lowest BCUT2D eigenvalue weighted by Gasteiger charge is -2.22. The molecule has 4 nitrogen and oxygen atoms in total.